The Morgan fingerprint density at radius 3 is 1.79 bits per heavy atom. The molecule has 6 nitrogen and oxygen atoms in total. The van der Waals surface area contributed by atoms with Crippen molar-refractivity contribution in [3.63, 3.8) is 0 Å². The van der Waals surface area contributed by atoms with Crippen LogP contribution in [0.5, 0.6) is 11.5 Å². The van der Waals surface area contributed by atoms with Crippen molar-refractivity contribution in [2.75, 3.05) is 9.80 Å². The number of hydrogen-bond donors (Lipinski definition) is 0. The molecule has 0 spiro atoms. The SMILES string of the molecule is Cc1c(C)c(-c2ccccc2)c(N2[CH-]N(c3[c-]c(Oc4[c-]c5c(cc4)c4c(c6ccccc6n4-c4ccccc4)n5-c4cc(C(C)(C)C)ccn4)ccc3)c3ccccc32)c(-c2ccccc2)c1C.[Pd]. The molecule has 1 aliphatic rings. The summed E-state index contributed by atoms with van der Waals surface area (Å²) >= 11 is 0. The maximum absolute atomic E-state index is 6.82. The van der Waals surface area contributed by atoms with E-state index in [1.165, 1.54) is 44.5 Å². The van der Waals surface area contributed by atoms with Crippen LogP contribution in [0.25, 0.3) is 66.6 Å². The van der Waals surface area contributed by atoms with E-state index in [4.69, 9.17) is 9.72 Å². The Balaban J connectivity index is 0.00000533. The summed E-state index contributed by atoms with van der Waals surface area (Å²) in [6.07, 6.45) is 1.92. The largest absolute Gasteiger partial charge is 0.509 e. The Kier molecular flexibility index (Phi) is 11.3. The molecule has 4 heterocycles. The molecule has 0 bridgehead atoms. The molecule has 1 aliphatic heterocycles. The van der Waals surface area contributed by atoms with Crippen LogP contribution in [-0.2, 0) is 25.8 Å². The van der Waals surface area contributed by atoms with Crippen LogP contribution in [0.4, 0.5) is 22.7 Å². The maximum atomic E-state index is 6.82. The number of anilines is 4. The minimum Gasteiger partial charge on any atom is -0.509 e. The van der Waals surface area contributed by atoms with Gasteiger partial charge in [-0.25, -0.2) is 4.98 Å². The zero-order chi connectivity index (χ0) is 47.0. The number of para-hydroxylation sites is 4. The third kappa shape index (κ3) is 7.40. The monoisotopic (exact) mass is 998 g/mol. The number of pyridine rings is 1. The topological polar surface area (TPSA) is 38.5 Å². The Hall–Kier alpha value is -7.69. The van der Waals surface area contributed by atoms with Crippen LogP contribution >= 0.6 is 0 Å². The summed E-state index contributed by atoms with van der Waals surface area (Å²) in [7, 11) is 0. The van der Waals surface area contributed by atoms with Crippen LogP contribution in [0.2, 0.25) is 0 Å². The van der Waals surface area contributed by atoms with E-state index in [0.717, 1.165) is 67.1 Å². The first-order valence-electron chi connectivity index (χ1n) is 23.6. The van der Waals surface area contributed by atoms with Crippen molar-refractivity contribution in [3.8, 4) is 45.3 Å². The molecule has 0 amide bonds. The van der Waals surface area contributed by atoms with Crippen LogP contribution < -0.4 is 14.5 Å². The van der Waals surface area contributed by atoms with Crippen molar-refractivity contribution >= 4 is 55.6 Å². The van der Waals surface area contributed by atoms with Crippen molar-refractivity contribution in [1.29, 1.82) is 0 Å². The Morgan fingerprint density at radius 2 is 1.11 bits per heavy atom. The van der Waals surface area contributed by atoms with Gasteiger partial charge >= 0.3 is 0 Å². The van der Waals surface area contributed by atoms with E-state index in [2.05, 4.69) is 243 Å². The number of rotatable bonds is 8. The van der Waals surface area contributed by atoms with Gasteiger partial charge in [0.15, 0.2) is 0 Å². The first kappa shape index (κ1) is 44.8. The zero-order valence-corrected chi connectivity index (χ0v) is 41.5. The molecule has 346 valence electrons. The fraction of sp³-hybridized carbons (Fsp3) is 0.111. The molecular weight excluding hydrogens is 949 g/mol. The van der Waals surface area contributed by atoms with Crippen molar-refractivity contribution in [2.24, 2.45) is 0 Å². The molecule has 0 unspecified atom stereocenters. The number of fused-ring (bicyclic) bond motifs is 6. The van der Waals surface area contributed by atoms with Gasteiger partial charge < -0.3 is 23.7 Å². The molecule has 12 rings (SSSR count). The van der Waals surface area contributed by atoms with Crippen molar-refractivity contribution in [2.45, 2.75) is 47.0 Å². The van der Waals surface area contributed by atoms with Gasteiger partial charge in [-0.2, -0.15) is 12.1 Å². The predicted octanol–water partition coefficient (Wildman–Crippen LogP) is 16.5. The van der Waals surface area contributed by atoms with Gasteiger partial charge in [0, 0.05) is 82.9 Å². The zero-order valence-electron chi connectivity index (χ0n) is 39.9. The molecule has 0 saturated carbocycles. The fourth-order valence-electron chi connectivity index (χ4n) is 10.3. The molecule has 7 heteroatoms. The summed E-state index contributed by atoms with van der Waals surface area (Å²) in [6.45, 7) is 15.7. The molecule has 3 aromatic heterocycles. The van der Waals surface area contributed by atoms with Gasteiger partial charge in [0.1, 0.15) is 5.82 Å². The van der Waals surface area contributed by atoms with Crippen LogP contribution in [0.3, 0.4) is 0 Å². The van der Waals surface area contributed by atoms with E-state index in [1.807, 2.05) is 24.4 Å². The molecule has 0 radical (unpaired) electrons. The van der Waals surface area contributed by atoms with Gasteiger partial charge in [-0.05, 0) is 102 Å². The third-order valence-electron chi connectivity index (χ3n) is 13.9. The number of benzene rings is 8. The second kappa shape index (κ2) is 17.7. The van der Waals surface area contributed by atoms with E-state index >= 15 is 0 Å². The van der Waals surface area contributed by atoms with Crippen LogP contribution in [0, 0.1) is 39.6 Å². The molecule has 0 atom stereocenters. The Labute approximate surface area is 423 Å². The average Bonchev–Trinajstić information content (AvgIpc) is 4.04. The second-order valence-corrected chi connectivity index (χ2v) is 19.0. The Morgan fingerprint density at radius 1 is 0.529 bits per heavy atom. The van der Waals surface area contributed by atoms with Gasteiger partial charge in [0.2, 0.25) is 0 Å². The van der Waals surface area contributed by atoms with Gasteiger partial charge in [0.05, 0.1) is 11.0 Å². The van der Waals surface area contributed by atoms with E-state index in [1.54, 1.807) is 0 Å². The summed E-state index contributed by atoms with van der Waals surface area (Å²) in [5, 5.41) is 2.18. The number of aromatic nitrogens is 3. The molecule has 0 saturated heterocycles. The number of ether oxygens (including phenoxy) is 1. The van der Waals surface area contributed by atoms with Crippen LogP contribution in [0.15, 0.2) is 188 Å². The van der Waals surface area contributed by atoms with E-state index in [9.17, 15) is 0 Å². The standard InChI is InChI=1S/C63H50N5O.Pd/c1-41-42(2)58(44-21-10-7-11-22-44)62(59(43(41)3)45-23-12-8-13-24-45)66-40-65(54-31-18-19-32-55(54)66)48-27-20-28-49(38-48)69-50-33-34-52-56(39-50)68(57-37-46(35-36-64-57)63(4,5)6)61-51-29-16-17-30-53(51)67(60(52)61)47-25-14-9-15-26-47;/h7-37,40H,1-6H3;/q-3;. The number of hydrogen-bond acceptors (Lipinski definition) is 4. The maximum Gasteiger partial charge on any atom is 0.135 e. The van der Waals surface area contributed by atoms with Crippen LogP contribution in [-0.4, -0.2) is 14.1 Å². The van der Waals surface area contributed by atoms with Crippen molar-refractivity contribution < 1.29 is 25.2 Å². The molecule has 0 fully saturated rings. The normalized spacial score (nSPS) is 12.5. The van der Waals surface area contributed by atoms with E-state index < -0.39 is 0 Å². The number of nitrogens with zero attached hydrogens (tertiary/aromatic N) is 5. The third-order valence-corrected chi connectivity index (χ3v) is 13.9. The molecule has 11 aromatic rings. The smallest absolute Gasteiger partial charge is 0.135 e. The van der Waals surface area contributed by atoms with E-state index in [0.29, 0.717) is 11.5 Å². The van der Waals surface area contributed by atoms with Gasteiger partial charge in [0.25, 0.3) is 0 Å². The van der Waals surface area contributed by atoms with Crippen molar-refractivity contribution in [1.82, 2.24) is 14.1 Å². The van der Waals surface area contributed by atoms with E-state index in [-0.39, 0.29) is 25.8 Å². The molecule has 8 aromatic carbocycles. The molecule has 70 heavy (non-hydrogen) atoms. The van der Waals surface area contributed by atoms with Gasteiger partial charge in [-0.15, -0.1) is 42.7 Å². The van der Waals surface area contributed by atoms with Crippen LogP contribution in [0.1, 0.15) is 43.0 Å². The molecule has 0 N–H and O–H groups in total. The van der Waals surface area contributed by atoms with Crippen molar-refractivity contribution in [3.05, 3.63) is 229 Å². The summed E-state index contributed by atoms with van der Waals surface area (Å²) in [6, 6.07) is 71.4. The minimum atomic E-state index is -0.0760. The molecular formula is C63H50N5OPd-3. The summed E-state index contributed by atoms with van der Waals surface area (Å²) in [5.74, 6) is 2.00. The quantitative estimate of drug-likeness (QED) is 0.112. The second-order valence-electron chi connectivity index (χ2n) is 19.0. The van der Waals surface area contributed by atoms with Gasteiger partial charge in [-0.3, -0.25) is 0 Å². The first-order chi connectivity index (χ1) is 33.6. The minimum absolute atomic E-state index is 0. The fourth-order valence-corrected chi connectivity index (χ4v) is 10.3. The summed E-state index contributed by atoms with van der Waals surface area (Å²) in [4.78, 5) is 9.63. The molecule has 0 aliphatic carbocycles. The summed E-state index contributed by atoms with van der Waals surface area (Å²) < 4.78 is 11.5. The Bertz CT molecular complexity index is 3690. The summed E-state index contributed by atoms with van der Waals surface area (Å²) in [5.41, 5.74) is 19.1. The predicted molar refractivity (Wildman–Crippen MR) is 285 cm³/mol. The van der Waals surface area contributed by atoms with Gasteiger partial charge in [-0.1, -0.05) is 141 Å². The average molecular weight is 1000 g/mol. The first-order valence-corrected chi connectivity index (χ1v) is 23.6.